The maximum atomic E-state index is 13.1. The summed E-state index contributed by atoms with van der Waals surface area (Å²) in [6.07, 6.45) is 1.52. The smallest absolute Gasteiger partial charge is 0.338 e. The van der Waals surface area contributed by atoms with Gasteiger partial charge in [0, 0.05) is 5.92 Å². The van der Waals surface area contributed by atoms with Gasteiger partial charge in [0.05, 0.1) is 17.4 Å². The number of carboxylic acids is 1. The minimum atomic E-state index is -4.30. The fourth-order valence-electron chi connectivity index (χ4n) is 4.75. The van der Waals surface area contributed by atoms with Crippen LogP contribution in [0.5, 0.6) is 0 Å². The molecule has 0 saturated carbocycles. The van der Waals surface area contributed by atoms with Crippen molar-refractivity contribution in [2.75, 3.05) is 18.1 Å². The number of ether oxygens (including phenoxy) is 2. The van der Waals surface area contributed by atoms with Crippen LogP contribution in [0.3, 0.4) is 0 Å². The van der Waals surface area contributed by atoms with Crippen molar-refractivity contribution in [1.82, 2.24) is 0 Å². The number of sulfone groups is 1. The number of rotatable bonds is 12. The SMILES string of the molecule is CCCCC(CS(=O)(=O)C[C@@](N)(C(=O)O)C(=O)OCC1c2ccccc2-c2ccccc21)C(=O)OC(C)(C)C. The molecular formula is C29H37NO8S. The third kappa shape index (κ3) is 7.24. The number of benzene rings is 2. The van der Waals surface area contributed by atoms with Crippen molar-refractivity contribution < 1.29 is 37.4 Å². The van der Waals surface area contributed by atoms with Gasteiger partial charge in [-0.15, -0.1) is 0 Å². The first-order valence-electron chi connectivity index (χ1n) is 13.0. The molecular weight excluding hydrogens is 522 g/mol. The molecule has 0 aromatic heterocycles. The molecule has 212 valence electrons. The molecule has 9 nitrogen and oxygen atoms in total. The van der Waals surface area contributed by atoms with Gasteiger partial charge in [0.25, 0.3) is 0 Å². The summed E-state index contributed by atoms with van der Waals surface area (Å²) in [6, 6.07) is 15.2. The summed E-state index contributed by atoms with van der Waals surface area (Å²) in [6.45, 7) is 6.69. The van der Waals surface area contributed by atoms with Crippen LogP contribution in [0.1, 0.15) is 64.0 Å². The molecule has 2 atom stereocenters. The van der Waals surface area contributed by atoms with Crippen molar-refractivity contribution in [2.24, 2.45) is 11.7 Å². The van der Waals surface area contributed by atoms with E-state index in [4.69, 9.17) is 15.2 Å². The van der Waals surface area contributed by atoms with Crippen LogP contribution in [0.15, 0.2) is 48.5 Å². The van der Waals surface area contributed by atoms with Crippen LogP contribution in [0, 0.1) is 5.92 Å². The van der Waals surface area contributed by atoms with E-state index in [1.54, 1.807) is 20.8 Å². The monoisotopic (exact) mass is 559 g/mol. The first-order chi connectivity index (χ1) is 18.2. The fourth-order valence-corrected chi connectivity index (χ4v) is 6.72. The van der Waals surface area contributed by atoms with Crippen molar-refractivity contribution in [1.29, 1.82) is 0 Å². The summed E-state index contributed by atoms with van der Waals surface area (Å²) < 4.78 is 37.0. The zero-order chi connectivity index (χ0) is 29.0. The number of aliphatic carboxylic acids is 1. The zero-order valence-electron chi connectivity index (χ0n) is 22.8. The molecule has 2 aromatic carbocycles. The Morgan fingerprint density at radius 1 is 1.00 bits per heavy atom. The van der Waals surface area contributed by atoms with Crippen LogP contribution in [0.2, 0.25) is 0 Å². The van der Waals surface area contributed by atoms with Crippen molar-refractivity contribution in [3.63, 3.8) is 0 Å². The average molecular weight is 560 g/mol. The summed E-state index contributed by atoms with van der Waals surface area (Å²) in [7, 11) is -4.30. The highest BCUT2D eigenvalue weighted by Gasteiger charge is 2.49. The molecule has 10 heteroatoms. The zero-order valence-corrected chi connectivity index (χ0v) is 23.6. The van der Waals surface area contributed by atoms with Gasteiger partial charge >= 0.3 is 17.9 Å². The number of hydrogen-bond acceptors (Lipinski definition) is 8. The molecule has 1 aliphatic rings. The Kier molecular flexibility index (Phi) is 9.23. The van der Waals surface area contributed by atoms with E-state index >= 15 is 0 Å². The van der Waals surface area contributed by atoms with Crippen LogP contribution >= 0.6 is 0 Å². The van der Waals surface area contributed by atoms with E-state index in [-0.39, 0.29) is 18.9 Å². The number of carbonyl (C=O) groups excluding carboxylic acids is 2. The van der Waals surface area contributed by atoms with Crippen LogP contribution < -0.4 is 5.73 Å². The van der Waals surface area contributed by atoms with Gasteiger partial charge in [-0.25, -0.2) is 18.0 Å². The van der Waals surface area contributed by atoms with Crippen LogP contribution in [0.4, 0.5) is 0 Å². The van der Waals surface area contributed by atoms with Crippen LogP contribution in [-0.2, 0) is 33.7 Å². The van der Waals surface area contributed by atoms with Gasteiger partial charge in [-0.1, -0.05) is 68.3 Å². The Morgan fingerprint density at radius 2 is 1.54 bits per heavy atom. The Labute approximate surface area is 229 Å². The van der Waals surface area contributed by atoms with E-state index in [1.165, 1.54) is 0 Å². The second kappa shape index (κ2) is 11.9. The predicted molar refractivity (Wildman–Crippen MR) is 147 cm³/mol. The molecule has 1 unspecified atom stereocenters. The van der Waals surface area contributed by atoms with Crippen LogP contribution in [-0.4, -0.2) is 60.7 Å². The third-order valence-electron chi connectivity index (χ3n) is 6.64. The molecule has 0 saturated heterocycles. The Bertz CT molecular complexity index is 1290. The van der Waals surface area contributed by atoms with Crippen molar-refractivity contribution in [3.8, 4) is 11.1 Å². The topological polar surface area (TPSA) is 150 Å². The summed E-state index contributed by atoms with van der Waals surface area (Å²) in [5, 5.41) is 9.83. The Morgan fingerprint density at radius 3 is 2.03 bits per heavy atom. The lowest BCUT2D eigenvalue weighted by atomic mass is 9.98. The summed E-state index contributed by atoms with van der Waals surface area (Å²) in [4.78, 5) is 37.9. The molecule has 0 radical (unpaired) electrons. The lowest BCUT2D eigenvalue weighted by molar-refractivity contribution is -0.160. The molecule has 3 rings (SSSR count). The summed E-state index contributed by atoms with van der Waals surface area (Å²) in [5.74, 6) is -7.16. The lowest BCUT2D eigenvalue weighted by Gasteiger charge is -2.26. The summed E-state index contributed by atoms with van der Waals surface area (Å²) in [5.41, 5.74) is 6.04. The second-order valence-corrected chi connectivity index (χ2v) is 13.1. The van der Waals surface area contributed by atoms with Gasteiger partial charge in [-0.05, 0) is 49.4 Å². The maximum Gasteiger partial charge on any atom is 0.338 e. The predicted octanol–water partition coefficient (Wildman–Crippen LogP) is 3.69. The molecule has 0 fully saturated rings. The van der Waals surface area contributed by atoms with Gasteiger partial charge in [0.15, 0.2) is 9.84 Å². The van der Waals surface area contributed by atoms with E-state index in [9.17, 15) is 27.9 Å². The molecule has 0 amide bonds. The quantitative estimate of drug-likeness (QED) is 0.293. The number of fused-ring (bicyclic) bond motifs is 3. The van der Waals surface area contributed by atoms with Crippen molar-refractivity contribution in [2.45, 2.75) is 64.0 Å². The molecule has 2 aromatic rings. The number of hydrogen-bond donors (Lipinski definition) is 2. The number of esters is 2. The van der Waals surface area contributed by atoms with E-state index in [0.717, 1.165) is 28.7 Å². The Balaban J connectivity index is 1.77. The number of nitrogens with two attached hydrogens (primary N) is 1. The highest BCUT2D eigenvalue weighted by Crippen LogP contribution is 2.44. The van der Waals surface area contributed by atoms with Crippen molar-refractivity contribution in [3.05, 3.63) is 59.7 Å². The molecule has 0 aliphatic heterocycles. The first-order valence-corrected chi connectivity index (χ1v) is 14.8. The largest absolute Gasteiger partial charge is 0.479 e. The van der Waals surface area contributed by atoms with E-state index in [0.29, 0.717) is 6.42 Å². The standard InChI is InChI=1S/C29H37NO8S/c1-5-6-11-19(25(31)38-28(2,3)4)17-39(35,36)18-29(30,26(32)33)27(34)37-16-24-22-14-9-7-12-20(22)21-13-8-10-15-23(21)24/h7-10,12-15,19,24H,5-6,11,16-18,30H2,1-4H3,(H,32,33)/t19?,29-/m1/s1. The van der Waals surface area contributed by atoms with Gasteiger partial charge in [0.2, 0.25) is 5.54 Å². The Hall–Kier alpha value is -3.24. The van der Waals surface area contributed by atoms with Gasteiger partial charge < -0.3 is 20.3 Å². The van der Waals surface area contributed by atoms with Gasteiger partial charge in [0.1, 0.15) is 12.2 Å². The minimum absolute atomic E-state index is 0.212. The van der Waals surface area contributed by atoms with Crippen LogP contribution in [0.25, 0.3) is 11.1 Å². The fraction of sp³-hybridized carbons (Fsp3) is 0.483. The number of unbranched alkanes of at least 4 members (excludes halogenated alkanes) is 1. The van der Waals surface area contributed by atoms with Gasteiger partial charge in [-0.2, -0.15) is 0 Å². The highest BCUT2D eigenvalue weighted by atomic mass is 32.2. The molecule has 3 N–H and O–H groups in total. The van der Waals surface area contributed by atoms with Gasteiger partial charge in [-0.3, -0.25) is 4.79 Å². The van der Waals surface area contributed by atoms with E-state index in [1.807, 2.05) is 55.5 Å². The molecule has 39 heavy (non-hydrogen) atoms. The van der Waals surface area contributed by atoms with E-state index < -0.39 is 56.3 Å². The molecule has 0 bridgehead atoms. The highest BCUT2D eigenvalue weighted by molar-refractivity contribution is 7.91. The third-order valence-corrected chi connectivity index (χ3v) is 8.44. The van der Waals surface area contributed by atoms with E-state index in [2.05, 4.69) is 0 Å². The van der Waals surface area contributed by atoms with Crippen molar-refractivity contribution >= 4 is 27.7 Å². The number of carboxylic acid groups (broad SMARTS) is 1. The second-order valence-electron chi connectivity index (χ2n) is 11.0. The average Bonchev–Trinajstić information content (AvgIpc) is 3.17. The normalized spacial score (nSPS) is 15.5. The first kappa shape index (κ1) is 30.3. The maximum absolute atomic E-state index is 13.1. The minimum Gasteiger partial charge on any atom is -0.479 e. The summed E-state index contributed by atoms with van der Waals surface area (Å²) >= 11 is 0. The molecule has 0 heterocycles. The number of carbonyl (C=O) groups is 3. The lowest BCUT2D eigenvalue weighted by Crippen LogP contribution is -2.60. The molecule has 0 spiro atoms. The molecule has 1 aliphatic carbocycles.